The van der Waals surface area contributed by atoms with Crippen molar-refractivity contribution in [2.75, 3.05) is 12.0 Å². The van der Waals surface area contributed by atoms with Crippen LogP contribution in [0.3, 0.4) is 0 Å². The van der Waals surface area contributed by atoms with Crippen molar-refractivity contribution in [3.8, 4) is 5.75 Å². The largest absolute Gasteiger partial charge is 0.497 e. The molecule has 1 aliphatic heterocycles. The van der Waals surface area contributed by atoms with E-state index in [9.17, 15) is 4.79 Å². The van der Waals surface area contributed by atoms with Crippen LogP contribution < -0.4 is 9.64 Å². The maximum atomic E-state index is 13.2. The van der Waals surface area contributed by atoms with Crippen LogP contribution in [0.2, 0.25) is 0 Å². The normalized spacial score (nSPS) is 16.9. The third kappa shape index (κ3) is 3.85. The predicted octanol–water partition coefficient (Wildman–Crippen LogP) is 5.27. The molecule has 0 saturated carbocycles. The van der Waals surface area contributed by atoms with Crippen LogP contribution in [0.25, 0.3) is 6.08 Å². The zero-order valence-corrected chi connectivity index (χ0v) is 17.0. The van der Waals surface area contributed by atoms with Crippen molar-refractivity contribution in [3.63, 3.8) is 0 Å². The van der Waals surface area contributed by atoms with Crippen molar-refractivity contribution < 1.29 is 9.53 Å². The zero-order valence-electron chi connectivity index (χ0n) is 15.3. The Morgan fingerprint density at radius 2 is 1.86 bits per heavy atom. The maximum absolute atomic E-state index is 13.2. The van der Waals surface area contributed by atoms with E-state index < -0.39 is 0 Å². The van der Waals surface area contributed by atoms with Crippen LogP contribution in [0.4, 0.5) is 10.8 Å². The minimum Gasteiger partial charge on any atom is -0.497 e. The van der Waals surface area contributed by atoms with Crippen LogP contribution in [0.1, 0.15) is 11.3 Å². The number of nitrogens with zero attached hydrogens (tertiary/aromatic N) is 3. The number of ether oxygens (including phenoxy) is 1. The highest BCUT2D eigenvalue weighted by Gasteiger charge is 2.34. The molecule has 1 aliphatic rings. The van der Waals surface area contributed by atoms with Gasteiger partial charge in [-0.05, 0) is 54.6 Å². The van der Waals surface area contributed by atoms with Crippen LogP contribution >= 0.6 is 23.1 Å². The predicted molar refractivity (Wildman–Crippen MR) is 116 cm³/mol. The number of methoxy groups -OCH3 is 1. The highest BCUT2D eigenvalue weighted by Crippen LogP contribution is 2.37. The van der Waals surface area contributed by atoms with Gasteiger partial charge in [-0.1, -0.05) is 30.3 Å². The quantitative estimate of drug-likeness (QED) is 0.553. The SMILES string of the molecule is COc1ccc(/C=C2\S/C(=N/c3nc(C)cs3)N(c3ccccc3)C2=O)cc1. The second-order valence-corrected chi connectivity index (χ2v) is 7.87. The number of hydrogen-bond donors (Lipinski definition) is 0. The molecule has 0 unspecified atom stereocenters. The lowest BCUT2D eigenvalue weighted by molar-refractivity contribution is -0.113. The van der Waals surface area contributed by atoms with Crippen molar-refractivity contribution in [1.82, 2.24) is 4.98 Å². The number of thioether (sulfide) groups is 1. The van der Waals surface area contributed by atoms with Gasteiger partial charge in [-0.3, -0.25) is 9.69 Å². The Bertz CT molecular complexity index is 1060. The minimum atomic E-state index is -0.0981. The molecule has 5 nitrogen and oxygen atoms in total. The summed E-state index contributed by atoms with van der Waals surface area (Å²) in [7, 11) is 1.63. The Morgan fingerprint density at radius 1 is 1.11 bits per heavy atom. The van der Waals surface area contributed by atoms with Gasteiger partial charge in [0.2, 0.25) is 5.13 Å². The fraction of sp³-hybridized carbons (Fsp3) is 0.0952. The van der Waals surface area contributed by atoms with Crippen molar-refractivity contribution in [1.29, 1.82) is 0 Å². The van der Waals surface area contributed by atoms with Gasteiger partial charge in [-0.15, -0.1) is 11.3 Å². The Labute approximate surface area is 171 Å². The first kappa shape index (κ1) is 18.5. The zero-order chi connectivity index (χ0) is 19.5. The molecule has 7 heteroatoms. The second-order valence-electron chi connectivity index (χ2n) is 6.03. The standard InChI is InChI=1S/C21H17N3O2S2/c1-14-13-27-20(22-14)23-21-24(16-6-4-3-5-7-16)19(25)18(28-21)12-15-8-10-17(26-2)11-9-15/h3-13H,1-2H3/b18-12-,23-21+. The summed E-state index contributed by atoms with van der Waals surface area (Å²) in [6.45, 7) is 1.93. The number of carbonyl (C=O) groups is 1. The number of aliphatic imine (C=N–C) groups is 1. The molecular weight excluding hydrogens is 390 g/mol. The molecule has 4 rings (SSSR count). The molecule has 1 fully saturated rings. The van der Waals surface area contributed by atoms with E-state index in [2.05, 4.69) is 9.98 Å². The number of benzene rings is 2. The highest BCUT2D eigenvalue weighted by atomic mass is 32.2. The lowest BCUT2D eigenvalue weighted by atomic mass is 10.2. The fourth-order valence-corrected chi connectivity index (χ4v) is 4.38. The van der Waals surface area contributed by atoms with Gasteiger partial charge < -0.3 is 4.74 Å². The van der Waals surface area contributed by atoms with Crippen LogP contribution in [0.5, 0.6) is 5.75 Å². The average Bonchev–Trinajstić information content (AvgIpc) is 3.26. The van der Waals surface area contributed by atoms with E-state index in [1.807, 2.05) is 73.0 Å². The lowest BCUT2D eigenvalue weighted by Crippen LogP contribution is -2.28. The molecule has 2 heterocycles. The molecule has 1 amide bonds. The van der Waals surface area contributed by atoms with E-state index in [1.54, 1.807) is 12.0 Å². The summed E-state index contributed by atoms with van der Waals surface area (Å²) in [6.07, 6.45) is 1.87. The molecule has 28 heavy (non-hydrogen) atoms. The molecular formula is C21H17N3O2S2. The van der Waals surface area contributed by atoms with E-state index >= 15 is 0 Å². The van der Waals surface area contributed by atoms with Crippen LogP contribution in [0, 0.1) is 6.92 Å². The Balaban J connectivity index is 1.73. The van der Waals surface area contributed by atoms with Gasteiger partial charge in [0, 0.05) is 5.38 Å². The average molecular weight is 408 g/mol. The van der Waals surface area contributed by atoms with Gasteiger partial charge in [-0.2, -0.15) is 4.99 Å². The van der Waals surface area contributed by atoms with E-state index in [-0.39, 0.29) is 5.91 Å². The van der Waals surface area contributed by atoms with E-state index in [4.69, 9.17) is 4.74 Å². The first-order valence-corrected chi connectivity index (χ1v) is 10.3. The number of rotatable bonds is 4. The van der Waals surface area contributed by atoms with Crippen molar-refractivity contribution in [3.05, 3.63) is 76.1 Å². The molecule has 0 radical (unpaired) electrons. The Kier molecular flexibility index (Phi) is 5.27. The monoisotopic (exact) mass is 407 g/mol. The van der Waals surface area contributed by atoms with Gasteiger partial charge in [-0.25, -0.2) is 4.98 Å². The number of hydrogen-bond acceptors (Lipinski definition) is 6. The molecule has 2 aromatic carbocycles. The minimum absolute atomic E-state index is 0.0981. The van der Waals surface area contributed by atoms with Gasteiger partial charge in [0.05, 0.1) is 23.4 Å². The van der Waals surface area contributed by atoms with Gasteiger partial charge in [0.25, 0.3) is 5.91 Å². The molecule has 3 aromatic rings. The summed E-state index contributed by atoms with van der Waals surface area (Å²) in [4.78, 5) is 24.4. The molecule has 1 aromatic heterocycles. The fourth-order valence-electron chi connectivity index (χ4n) is 2.68. The summed E-state index contributed by atoms with van der Waals surface area (Å²) < 4.78 is 5.19. The smallest absolute Gasteiger partial charge is 0.271 e. The molecule has 0 aliphatic carbocycles. The first-order valence-electron chi connectivity index (χ1n) is 8.58. The number of aryl methyl sites for hydroxylation is 1. The maximum Gasteiger partial charge on any atom is 0.271 e. The van der Waals surface area contributed by atoms with Gasteiger partial charge in [0.1, 0.15) is 5.75 Å². The van der Waals surface area contributed by atoms with E-state index in [0.717, 1.165) is 22.7 Å². The lowest BCUT2D eigenvalue weighted by Gasteiger charge is -2.14. The Morgan fingerprint density at radius 3 is 2.50 bits per heavy atom. The van der Waals surface area contributed by atoms with Crippen molar-refractivity contribution >= 4 is 51.1 Å². The number of amides is 1. The molecule has 0 N–H and O–H groups in total. The van der Waals surface area contributed by atoms with Crippen LogP contribution in [0.15, 0.2) is 69.9 Å². The first-order chi connectivity index (χ1) is 13.6. The molecule has 0 spiro atoms. The summed E-state index contributed by atoms with van der Waals surface area (Å²) >= 11 is 2.81. The second kappa shape index (κ2) is 8.00. The van der Waals surface area contributed by atoms with Gasteiger partial charge in [0.15, 0.2) is 5.17 Å². The molecule has 140 valence electrons. The third-order valence-electron chi connectivity index (χ3n) is 4.03. The molecule has 0 bridgehead atoms. The van der Waals surface area contributed by atoms with Crippen molar-refractivity contribution in [2.24, 2.45) is 4.99 Å². The summed E-state index contributed by atoms with van der Waals surface area (Å²) in [5, 5.41) is 3.19. The summed E-state index contributed by atoms with van der Waals surface area (Å²) in [5.74, 6) is 0.680. The molecule has 1 saturated heterocycles. The number of amidine groups is 1. The van der Waals surface area contributed by atoms with Crippen LogP contribution in [-0.2, 0) is 4.79 Å². The number of thiazole rings is 1. The van der Waals surface area contributed by atoms with E-state index in [1.165, 1.54) is 23.1 Å². The van der Waals surface area contributed by atoms with Gasteiger partial charge >= 0.3 is 0 Å². The Hall–Kier alpha value is -2.90. The van der Waals surface area contributed by atoms with Crippen LogP contribution in [-0.4, -0.2) is 23.2 Å². The van der Waals surface area contributed by atoms with Crippen molar-refractivity contribution in [2.45, 2.75) is 6.92 Å². The summed E-state index contributed by atoms with van der Waals surface area (Å²) in [6, 6.07) is 17.1. The molecule has 0 atom stereocenters. The summed E-state index contributed by atoms with van der Waals surface area (Å²) in [5.41, 5.74) is 2.63. The third-order valence-corrected chi connectivity index (χ3v) is 5.85. The number of aromatic nitrogens is 1. The number of anilines is 1. The van der Waals surface area contributed by atoms with E-state index in [0.29, 0.717) is 15.2 Å². The topological polar surface area (TPSA) is 54.8 Å². The number of para-hydroxylation sites is 1. The highest BCUT2D eigenvalue weighted by molar-refractivity contribution is 8.19. The number of carbonyl (C=O) groups excluding carboxylic acids is 1.